The summed E-state index contributed by atoms with van der Waals surface area (Å²) in [6.07, 6.45) is 2.80. The van der Waals surface area contributed by atoms with Gasteiger partial charge in [-0.1, -0.05) is 30.3 Å². The molecule has 0 unspecified atom stereocenters. The molecule has 4 nitrogen and oxygen atoms in total. The molecule has 0 spiro atoms. The quantitative estimate of drug-likeness (QED) is 0.717. The van der Waals surface area contributed by atoms with Crippen molar-refractivity contribution in [3.8, 4) is 0 Å². The van der Waals surface area contributed by atoms with Gasteiger partial charge < -0.3 is 4.57 Å². The fraction of sp³-hybridized carbons (Fsp3) is 0.158. The highest BCUT2D eigenvalue weighted by atomic mass is 16.2. The van der Waals surface area contributed by atoms with Crippen LogP contribution in [0.25, 0.3) is 10.9 Å². The second-order valence-corrected chi connectivity index (χ2v) is 5.91. The number of aromatic nitrogens is 1. The normalized spacial score (nSPS) is 13.7. The van der Waals surface area contributed by atoms with Gasteiger partial charge in [0, 0.05) is 36.1 Å². The van der Waals surface area contributed by atoms with Crippen LogP contribution >= 0.6 is 0 Å². The predicted octanol–water partition coefficient (Wildman–Crippen LogP) is 3.19. The molecule has 0 aliphatic carbocycles. The summed E-state index contributed by atoms with van der Waals surface area (Å²) in [4.78, 5) is 11.9. The first-order valence-corrected chi connectivity index (χ1v) is 7.60. The SMILES string of the molecule is Cc1cccc2c1c(CC1=N[N]C(=O)c3ccccc31)cn2C. The largest absolute Gasteiger partial charge is 0.350 e. The van der Waals surface area contributed by atoms with Gasteiger partial charge in [0.05, 0.1) is 11.3 Å². The van der Waals surface area contributed by atoms with E-state index in [1.165, 1.54) is 22.0 Å². The molecule has 0 saturated carbocycles. The summed E-state index contributed by atoms with van der Waals surface area (Å²) in [5, 5.41) is 5.43. The van der Waals surface area contributed by atoms with Crippen molar-refractivity contribution >= 4 is 22.5 Å². The molecule has 1 aromatic heterocycles. The number of benzene rings is 2. The third kappa shape index (κ3) is 2.14. The Morgan fingerprint density at radius 1 is 1.04 bits per heavy atom. The van der Waals surface area contributed by atoms with Crippen molar-refractivity contribution in [3.05, 3.63) is 70.9 Å². The first-order valence-electron chi connectivity index (χ1n) is 7.60. The molecule has 4 rings (SSSR count). The van der Waals surface area contributed by atoms with Crippen LogP contribution < -0.4 is 5.43 Å². The van der Waals surface area contributed by atoms with Crippen molar-refractivity contribution in [2.24, 2.45) is 12.1 Å². The Morgan fingerprint density at radius 2 is 1.83 bits per heavy atom. The van der Waals surface area contributed by atoms with Gasteiger partial charge >= 0.3 is 0 Å². The number of hydrogen-bond acceptors (Lipinski definition) is 2. The van der Waals surface area contributed by atoms with Crippen molar-refractivity contribution in [1.82, 2.24) is 9.99 Å². The molecule has 0 bridgehead atoms. The second kappa shape index (κ2) is 5.09. The number of carbonyl (C=O) groups is 1. The highest BCUT2D eigenvalue weighted by Gasteiger charge is 2.22. The first-order chi connectivity index (χ1) is 11.1. The van der Waals surface area contributed by atoms with Crippen molar-refractivity contribution < 1.29 is 4.79 Å². The molecular weight excluding hydrogens is 286 g/mol. The molecule has 1 aliphatic heterocycles. The maximum atomic E-state index is 11.9. The topological polar surface area (TPSA) is 48.5 Å². The van der Waals surface area contributed by atoms with Gasteiger partial charge in [-0.05, 0) is 30.2 Å². The summed E-state index contributed by atoms with van der Waals surface area (Å²) in [7, 11) is 2.05. The summed E-state index contributed by atoms with van der Waals surface area (Å²) >= 11 is 0. The lowest BCUT2D eigenvalue weighted by molar-refractivity contribution is 0.0947. The smallest absolute Gasteiger partial charge is 0.296 e. The van der Waals surface area contributed by atoms with Gasteiger partial charge in [-0.25, -0.2) is 0 Å². The number of aryl methyl sites for hydroxylation is 2. The van der Waals surface area contributed by atoms with Crippen molar-refractivity contribution in [2.45, 2.75) is 13.3 Å². The Hall–Kier alpha value is -2.88. The first kappa shape index (κ1) is 13.8. The van der Waals surface area contributed by atoms with Crippen molar-refractivity contribution in [1.29, 1.82) is 0 Å². The molecule has 1 radical (unpaired) electrons. The van der Waals surface area contributed by atoms with Crippen LogP contribution in [0.15, 0.2) is 53.8 Å². The Bertz CT molecular complexity index is 966. The highest BCUT2D eigenvalue weighted by Crippen LogP contribution is 2.26. The summed E-state index contributed by atoms with van der Waals surface area (Å²) in [5.74, 6) is -0.265. The molecule has 4 heteroatoms. The van der Waals surface area contributed by atoms with E-state index in [-0.39, 0.29) is 5.91 Å². The van der Waals surface area contributed by atoms with Crippen LogP contribution in [0.3, 0.4) is 0 Å². The lowest BCUT2D eigenvalue weighted by Crippen LogP contribution is -2.24. The fourth-order valence-corrected chi connectivity index (χ4v) is 3.31. The van der Waals surface area contributed by atoms with Crippen LogP contribution in [0.1, 0.15) is 27.0 Å². The molecule has 23 heavy (non-hydrogen) atoms. The number of carbonyl (C=O) groups excluding carboxylic acids is 1. The lowest BCUT2D eigenvalue weighted by atomic mass is 9.95. The van der Waals surface area contributed by atoms with Crippen LogP contribution in [0.2, 0.25) is 0 Å². The third-order valence-corrected chi connectivity index (χ3v) is 4.39. The van der Waals surface area contributed by atoms with E-state index in [9.17, 15) is 4.79 Å². The van der Waals surface area contributed by atoms with E-state index in [1.807, 2.05) is 24.3 Å². The second-order valence-electron chi connectivity index (χ2n) is 5.91. The van der Waals surface area contributed by atoms with Gasteiger partial charge in [-0.15, -0.1) is 5.43 Å². The molecule has 1 amide bonds. The molecule has 3 aromatic rings. The van der Waals surface area contributed by atoms with Gasteiger partial charge in [0.1, 0.15) is 0 Å². The standard InChI is InChI=1S/C19H16N3O/c1-12-6-5-9-17-18(12)13(11-22(17)2)10-16-14-7-3-4-8-15(14)19(23)21-20-16/h3-9,11H,10H2,1-2H3. The minimum atomic E-state index is -0.265. The molecule has 113 valence electrons. The maximum Gasteiger partial charge on any atom is 0.296 e. The van der Waals surface area contributed by atoms with E-state index in [0.717, 1.165) is 11.3 Å². The zero-order valence-electron chi connectivity index (χ0n) is 13.1. The minimum absolute atomic E-state index is 0.265. The summed E-state index contributed by atoms with van der Waals surface area (Å²) < 4.78 is 2.13. The fourth-order valence-electron chi connectivity index (χ4n) is 3.31. The van der Waals surface area contributed by atoms with Crippen molar-refractivity contribution in [2.75, 3.05) is 0 Å². The summed E-state index contributed by atoms with van der Waals surface area (Å²) in [5.41, 5.74) is 9.82. The van der Waals surface area contributed by atoms with Gasteiger partial charge in [-0.3, -0.25) is 4.79 Å². The summed E-state index contributed by atoms with van der Waals surface area (Å²) in [6.45, 7) is 2.12. The minimum Gasteiger partial charge on any atom is -0.350 e. The average Bonchev–Trinajstić information content (AvgIpc) is 2.88. The number of hydrogen-bond donors (Lipinski definition) is 0. The molecule has 0 N–H and O–H groups in total. The third-order valence-electron chi connectivity index (χ3n) is 4.39. The molecule has 2 heterocycles. The maximum absolute atomic E-state index is 11.9. The number of amides is 1. The Labute approximate surface area is 134 Å². The average molecular weight is 302 g/mol. The Kier molecular flexibility index (Phi) is 3.05. The highest BCUT2D eigenvalue weighted by molar-refractivity contribution is 6.14. The molecule has 0 atom stereocenters. The van der Waals surface area contributed by atoms with E-state index >= 15 is 0 Å². The van der Waals surface area contributed by atoms with E-state index in [1.54, 1.807) is 0 Å². The van der Waals surface area contributed by atoms with E-state index in [2.05, 4.69) is 53.5 Å². The van der Waals surface area contributed by atoms with Gasteiger partial charge in [0.25, 0.3) is 5.91 Å². The van der Waals surface area contributed by atoms with Crippen molar-refractivity contribution in [3.63, 3.8) is 0 Å². The molecular formula is C19H16N3O. The van der Waals surface area contributed by atoms with Crippen LogP contribution in [-0.2, 0) is 13.5 Å². The van der Waals surface area contributed by atoms with Crippen LogP contribution in [0.5, 0.6) is 0 Å². The molecule has 0 saturated heterocycles. The van der Waals surface area contributed by atoms with E-state index in [0.29, 0.717) is 12.0 Å². The van der Waals surface area contributed by atoms with E-state index in [4.69, 9.17) is 0 Å². The lowest BCUT2D eigenvalue weighted by Gasteiger charge is -2.14. The van der Waals surface area contributed by atoms with Gasteiger partial charge in [-0.2, -0.15) is 5.10 Å². The Balaban J connectivity index is 1.82. The van der Waals surface area contributed by atoms with E-state index < -0.39 is 0 Å². The molecule has 2 aromatic carbocycles. The van der Waals surface area contributed by atoms with Crippen LogP contribution in [0.4, 0.5) is 0 Å². The predicted molar refractivity (Wildman–Crippen MR) is 90.8 cm³/mol. The summed E-state index contributed by atoms with van der Waals surface area (Å²) in [6, 6.07) is 13.9. The Morgan fingerprint density at radius 3 is 2.65 bits per heavy atom. The van der Waals surface area contributed by atoms with Gasteiger partial charge in [0.15, 0.2) is 0 Å². The van der Waals surface area contributed by atoms with Crippen LogP contribution in [0, 0.1) is 6.92 Å². The number of fused-ring (bicyclic) bond motifs is 2. The van der Waals surface area contributed by atoms with Crippen LogP contribution in [-0.4, -0.2) is 16.2 Å². The molecule has 0 fully saturated rings. The van der Waals surface area contributed by atoms with Gasteiger partial charge in [0.2, 0.25) is 0 Å². The molecule has 1 aliphatic rings. The monoisotopic (exact) mass is 302 g/mol. The number of rotatable bonds is 2. The number of nitrogens with zero attached hydrogens (tertiary/aromatic N) is 3. The zero-order valence-corrected chi connectivity index (χ0v) is 13.1. The zero-order chi connectivity index (χ0) is 16.0.